The second-order valence-electron chi connectivity index (χ2n) is 9.10. The summed E-state index contributed by atoms with van der Waals surface area (Å²) in [6.07, 6.45) is 0.951. The quantitative estimate of drug-likeness (QED) is 0.409. The molecule has 34 heavy (non-hydrogen) atoms. The molecule has 176 valence electrons. The Labute approximate surface area is 200 Å². The van der Waals surface area contributed by atoms with Crippen LogP contribution in [-0.4, -0.2) is 33.7 Å². The average Bonchev–Trinajstić information content (AvgIpc) is 3.25. The lowest BCUT2D eigenvalue weighted by molar-refractivity contribution is -0.129. The van der Waals surface area contributed by atoms with Crippen molar-refractivity contribution in [1.29, 1.82) is 0 Å². The molecule has 4 rings (SSSR count). The van der Waals surface area contributed by atoms with Gasteiger partial charge in [0.2, 0.25) is 0 Å². The highest BCUT2D eigenvalue weighted by Crippen LogP contribution is 2.37. The summed E-state index contributed by atoms with van der Waals surface area (Å²) in [4.78, 5) is 41.4. The third-order valence-electron chi connectivity index (χ3n) is 6.88. The molecule has 1 atom stereocenters. The normalized spacial score (nSPS) is 17.9. The minimum absolute atomic E-state index is 0.247. The lowest BCUT2D eigenvalue weighted by Gasteiger charge is -2.28. The number of carbonyl (C=O) groups is 3. The number of carbonyl (C=O) groups excluding carboxylic acids is 3. The van der Waals surface area contributed by atoms with Crippen LogP contribution in [0.4, 0.5) is 4.79 Å². The minimum atomic E-state index is -1.38. The van der Waals surface area contributed by atoms with Crippen molar-refractivity contribution in [2.45, 2.75) is 53.1 Å². The monoisotopic (exact) mass is 457 g/mol. The lowest BCUT2D eigenvalue weighted by atomic mass is 9.81. The van der Waals surface area contributed by atoms with Crippen LogP contribution in [0.1, 0.15) is 57.3 Å². The Morgan fingerprint density at radius 3 is 2.26 bits per heavy atom. The highest BCUT2D eigenvalue weighted by molar-refractivity contribution is 6.13. The van der Waals surface area contributed by atoms with Gasteiger partial charge in [-0.1, -0.05) is 55.5 Å². The number of amides is 3. The number of benzene rings is 2. The van der Waals surface area contributed by atoms with Crippen molar-refractivity contribution in [2.75, 3.05) is 6.54 Å². The van der Waals surface area contributed by atoms with E-state index in [-0.39, 0.29) is 12.3 Å². The average molecular weight is 458 g/mol. The molecule has 1 unspecified atom stereocenters. The molecule has 0 aliphatic carbocycles. The molecule has 0 bridgehead atoms. The molecule has 2 heterocycles. The number of aryl methyl sites for hydroxylation is 3. The van der Waals surface area contributed by atoms with Crippen molar-refractivity contribution < 1.29 is 14.4 Å². The topological polar surface area (TPSA) is 71.4 Å². The Bertz CT molecular complexity index is 1280. The molecule has 1 aromatic heterocycles. The van der Waals surface area contributed by atoms with Gasteiger partial charge in [0, 0.05) is 23.5 Å². The third kappa shape index (κ3) is 3.73. The first-order valence-electron chi connectivity index (χ1n) is 11.7. The van der Waals surface area contributed by atoms with Crippen LogP contribution in [0.5, 0.6) is 0 Å². The number of Topliss-reactive ketones (excluding diaryl/α,β-unsaturated/α-hetero) is 1. The number of aromatic nitrogens is 1. The highest BCUT2D eigenvalue weighted by Gasteiger charge is 2.54. The van der Waals surface area contributed by atoms with Gasteiger partial charge in [-0.2, -0.15) is 0 Å². The van der Waals surface area contributed by atoms with Crippen molar-refractivity contribution in [1.82, 2.24) is 14.8 Å². The van der Waals surface area contributed by atoms with Crippen LogP contribution in [0.3, 0.4) is 0 Å². The predicted octanol–water partition coefficient (Wildman–Crippen LogP) is 4.81. The fourth-order valence-electron chi connectivity index (χ4n) is 4.82. The number of hydrogen-bond donors (Lipinski definition) is 1. The predicted molar refractivity (Wildman–Crippen MR) is 132 cm³/mol. The molecule has 1 aliphatic rings. The van der Waals surface area contributed by atoms with E-state index < -0.39 is 17.5 Å². The summed E-state index contributed by atoms with van der Waals surface area (Å²) in [6, 6.07) is 16.2. The van der Waals surface area contributed by atoms with Gasteiger partial charge in [0.15, 0.2) is 11.3 Å². The molecule has 3 amide bonds. The highest BCUT2D eigenvalue weighted by atomic mass is 16.2. The molecular formula is C28H31N3O3. The fraction of sp³-hybridized carbons (Fsp3) is 0.321. The molecule has 0 radical (unpaired) electrons. The van der Waals surface area contributed by atoms with Gasteiger partial charge in [-0.05, 0) is 62.4 Å². The molecule has 6 heteroatoms. The molecule has 3 aromatic rings. The van der Waals surface area contributed by atoms with Gasteiger partial charge < -0.3 is 9.88 Å². The number of nitrogens with one attached hydrogen (secondary N) is 1. The van der Waals surface area contributed by atoms with E-state index >= 15 is 0 Å². The Hall–Kier alpha value is -3.67. The van der Waals surface area contributed by atoms with Crippen LogP contribution in [-0.2, 0) is 16.9 Å². The molecule has 1 fully saturated rings. The zero-order valence-electron chi connectivity index (χ0n) is 20.4. The Morgan fingerprint density at radius 1 is 0.912 bits per heavy atom. The molecule has 1 aliphatic heterocycles. The first-order chi connectivity index (χ1) is 16.2. The molecule has 1 saturated heterocycles. The molecule has 2 aromatic carbocycles. The maximum atomic E-state index is 13.9. The van der Waals surface area contributed by atoms with E-state index in [1.54, 1.807) is 0 Å². The SMILES string of the molecule is CCCn1c(C)cc(C(=O)CN2C(=O)NC(c3ccccc3)(c3ccc(C)c(C)c3)C2=O)c1C. The zero-order valence-corrected chi connectivity index (χ0v) is 20.4. The van der Waals surface area contributed by atoms with Crippen molar-refractivity contribution in [3.8, 4) is 0 Å². The summed E-state index contributed by atoms with van der Waals surface area (Å²) in [6.45, 7) is 10.5. The first-order valence-corrected chi connectivity index (χ1v) is 11.7. The number of nitrogens with zero attached hydrogens (tertiary/aromatic N) is 2. The van der Waals surface area contributed by atoms with Gasteiger partial charge in [0.1, 0.15) is 0 Å². The van der Waals surface area contributed by atoms with Gasteiger partial charge in [-0.15, -0.1) is 0 Å². The summed E-state index contributed by atoms with van der Waals surface area (Å²) in [5.74, 6) is -0.689. The van der Waals surface area contributed by atoms with Crippen LogP contribution in [0.2, 0.25) is 0 Å². The third-order valence-corrected chi connectivity index (χ3v) is 6.88. The van der Waals surface area contributed by atoms with E-state index in [4.69, 9.17) is 0 Å². The molecule has 0 spiro atoms. The largest absolute Gasteiger partial charge is 0.348 e. The smallest absolute Gasteiger partial charge is 0.325 e. The van der Waals surface area contributed by atoms with Gasteiger partial charge in [0.25, 0.3) is 5.91 Å². The van der Waals surface area contributed by atoms with E-state index in [0.717, 1.165) is 40.4 Å². The van der Waals surface area contributed by atoms with Crippen LogP contribution in [0.25, 0.3) is 0 Å². The van der Waals surface area contributed by atoms with Crippen LogP contribution >= 0.6 is 0 Å². The summed E-state index contributed by atoms with van der Waals surface area (Å²) in [5.41, 5.74) is 4.48. The second-order valence-corrected chi connectivity index (χ2v) is 9.10. The molecule has 6 nitrogen and oxygen atoms in total. The van der Waals surface area contributed by atoms with Crippen LogP contribution < -0.4 is 5.32 Å². The fourth-order valence-corrected chi connectivity index (χ4v) is 4.82. The van der Waals surface area contributed by atoms with Crippen molar-refractivity contribution in [2.24, 2.45) is 0 Å². The van der Waals surface area contributed by atoms with E-state index in [9.17, 15) is 14.4 Å². The van der Waals surface area contributed by atoms with Crippen molar-refractivity contribution >= 4 is 17.7 Å². The number of ketones is 1. The number of imide groups is 1. The summed E-state index contributed by atoms with van der Waals surface area (Å²) >= 11 is 0. The Morgan fingerprint density at radius 2 is 1.62 bits per heavy atom. The molecule has 1 N–H and O–H groups in total. The van der Waals surface area contributed by atoms with E-state index in [1.165, 1.54) is 0 Å². The van der Waals surface area contributed by atoms with Crippen molar-refractivity contribution in [3.63, 3.8) is 0 Å². The zero-order chi connectivity index (χ0) is 24.6. The van der Waals surface area contributed by atoms with Crippen LogP contribution in [0.15, 0.2) is 54.6 Å². The lowest BCUT2D eigenvalue weighted by Crippen LogP contribution is -2.45. The second kappa shape index (κ2) is 8.93. The standard InChI is InChI=1S/C28H31N3O3/c1-6-14-30-20(4)16-24(21(30)5)25(32)17-31-26(33)28(29-27(31)34,22-10-8-7-9-11-22)23-13-12-18(2)19(3)15-23/h7-13,15-16H,6,14,17H2,1-5H3,(H,29,34). The number of rotatable bonds is 7. The summed E-state index contributed by atoms with van der Waals surface area (Å²) in [5, 5.41) is 2.93. The van der Waals surface area contributed by atoms with Gasteiger partial charge >= 0.3 is 6.03 Å². The summed E-state index contributed by atoms with van der Waals surface area (Å²) in [7, 11) is 0. The first kappa shape index (κ1) is 23.5. The van der Waals surface area contributed by atoms with Gasteiger partial charge in [-0.25, -0.2) is 4.79 Å². The molecular weight excluding hydrogens is 426 g/mol. The van der Waals surface area contributed by atoms with Crippen LogP contribution in [0, 0.1) is 27.7 Å². The Kier molecular flexibility index (Phi) is 6.17. The van der Waals surface area contributed by atoms with Gasteiger partial charge in [0.05, 0.1) is 6.54 Å². The minimum Gasteiger partial charge on any atom is -0.348 e. The summed E-state index contributed by atoms with van der Waals surface area (Å²) < 4.78 is 2.10. The van der Waals surface area contributed by atoms with Crippen molar-refractivity contribution in [3.05, 3.63) is 93.8 Å². The number of hydrogen-bond acceptors (Lipinski definition) is 3. The van der Waals surface area contributed by atoms with Gasteiger partial charge in [-0.3, -0.25) is 14.5 Å². The van der Waals surface area contributed by atoms with E-state index in [1.807, 2.05) is 82.3 Å². The maximum Gasteiger partial charge on any atom is 0.325 e. The number of urea groups is 1. The van der Waals surface area contributed by atoms with E-state index in [2.05, 4.69) is 16.8 Å². The maximum absolute atomic E-state index is 13.9. The molecule has 0 saturated carbocycles. The Balaban J connectivity index is 1.74. The van der Waals surface area contributed by atoms with E-state index in [0.29, 0.717) is 16.7 Å².